The molecule has 0 aromatic carbocycles. The molecular weight excluding hydrogens is 320 g/mol. The van der Waals surface area contributed by atoms with E-state index in [9.17, 15) is 0 Å². The van der Waals surface area contributed by atoms with Crippen LogP contribution in [-0.4, -0.2) is 22.6 Å². The first-order valence-electron chi connectivity index (χ1n) is 9.99. The quantitative estimate of drug-likeness (QED) is 0.887. The molecule has 2 unspecified atom stereocenters. The molecule has 2 N–H and O–H groups in total. The van der Waals surface area contributed by atoms with Crippen LogP contribution in [0.3, 0.4) is 0 Å². The summed E-state index contributed by atoms with van der Waals surface area (Å²) in [5.74, 6) is 0.952. The zero-order valence-corrected chi connectivity index (χ0v) is 16.2. The zero-order valence-electron chi connectivity index (χ0n) is 16.2. The molecule has 0 fully saturated rings. The van der Waals surface area contributed by atoms with Crippen molar-refractivity contribution >= 4 is 0 Å². The first-order valence-corrected chi connectivity index (χ1v) is 9.99. The van der Waals surface area contributed by atoms with E-state index in [2.05, 4.69) is 60.9 Å². The minimum Gasteiger partial charge on any atom is -0.312 e. The van der Waals surface area contributed by atoms with E-state index in [1.165, 1.54) is 33.6 Å². The van der Waals surface area contributed by atoms with Gasteiger partial charge in [-0.25, -0.2) is 0 Å². The molecule has 0 aliphatic carbocycles. The fourth-order valence-electron chi connectivity index (χ4n) is 4.16. The van der Waals surface area contributed by atoms with Crippen LogP contribution in [0.2, 0.25) is 0 Å². The lowest BCUT2D eigenvalue weighted by atomic mass is 9.88. The predicted octanol–water partition coefficient (Wildman–Crippen LogP) is 3.45. The van der Waals surface area contributed by atoms with Crippen LogP contribution in [0.15, 0.2) is 24.5 Å². The molecule has 0 radical (unpaired) electrons. The van der Waals surface area contributed by atoms with Crippen LogP contribution >= 0.6 is 0 Å². The third-order valence-corrected chi connectivity index (χ3v) is 5.88. The summed E-state index contributed by atoms with van der Waals surface area (Å²) in [6.07, 6.45) is 7.48. The Balaban J connectivity index is 1.45. The molecular formula is C22H30N4. The van der Waals surface area contributed by atoms with E-state index in [1.54, 1.807) is 0 Å². The van der Waals surface area contributed by atoms with Gasteiger partial charge < -0.3 is 10.6 Å². The number of rotatable bonds is 4. The standard InChI is InChI=1S/C22H30N4/c1-14(2)21-8-17-7-20(24-12-19(17)13-25-21)6-15(3)22-9-18-10-23-5-4-16(18)11-26-22/h8-9,11,13-15,20,23-24H,4-7,10,12H2,1-3H3. The third kappa shape index (κ3) is 3.67. The Morgan fingerprint density at radius 3 is 2.58 bits per heavy atom. The molecule has 2 aromatic heterocycles. The molecule has 4 nitrogen and oxygen atoms in total. The zero-order chi connectivity index (χ0) is 18.1. The van der Waals surface area contributed by atoms with Crippen LogP contribution in [0.25, 0.3) is 0 Å². The lowest BCUT2D eigenvalue weighted by Gasteiger charge is -2.29. The SMILES string of the molecule is CC(C)c1cc2c(cn1)CNC(CC(C)c1cc3c(cn1)CCNC3)C2. The maximum Gasteiger partial charge on any atom is 0.0435 e. The van der Waals surface area contributed by atoms with Crippen LogP contribution in [-0.2, 0) is 25.9 Å². The van der Waals surface area contributed by atoms with Crippen molar-refractivity contribution in [1.29, 1.82) is 0 Å². The smallest absolute Gasteiger partial charge is 0.0435 e. The Morgan fingerprint density at radius 2 is 1.73 bits per heavy atom. The van der Waals surface area contributed by atoms with Crippen LogP contribution in [0.5, 0.6) is 0 Å². The third-order valence-electron chi connectivity index (χ3n) is 5.88. The van der Waals surface area contributed by atoms with Gasteiger partial charge in [-0.2, -0.15) is 0 Å². The van der Waals surface area contributed by atoms with E-state index in [0.717, 1.165) is 38.9 Å². The highest BCUT2D eigenvalue weighted by molar-refractivity contribution is 5.32. The molecule has 4 rings (SSSR count). The van der Waals surface area contributed by atoms with Crippen molar-refractivity contribution in [2.24, 2.45) is 0 Å². The fraction of sp³-hybridized carbons (Fsp3) is 0.545. The largest absolute Gasteiger partial charge is 0.312 e. The molecule has 0 amide bonds. The van der Waals surface area contributed by atoms with Crippen molar-refractivity contribution < 1.29 is 0 Å². The van der Waals surface area contributed by atoms with E-state index >= 15 is 0 Å². The molecule has 0 saturated heterocycles. The summed E-state index contributed by atoms with van der Waals surface area (Å²) in [5.41, 5.74) is 8.12. The first-order chi connectivity index (χ1) is 12.6. The molecule has 2 atom stereocenters. The Hall–Kier alpha value is -1.78. The highest BCUT2D eigenvalue weighted by atomic mass is 14.9. The van der Waals surface area contributed by atoms with Gasteiger partial charge in [0.1, 0.15) is 0 Å². The molecule has 26 heavy (non-hydrogen) atoms. The molecule has 4 heteroatoms. The van der Waals surface area contributed by atoms with Gasteiger partial charge >= 0.3 is 0 Å². The monoisotopic (exact) mass is 350 g/mol. The summed E-state index contributed by atoms with van der Waals surface area (Å²) in [5, 5.41) is 7.17. The highest BCUT2D eigenvalue weighted by Gasteiger charge is 2.23. The van der Waals surface area contributed by atoms with Gasteiger partial charge in [0.2, 0.25) is 0 Å². The molecule has 2 aliphatic heterocycles. The summed E-state index contributed by atoms with van der Waals surface area (Å²) in [7, 11) is 0. The van der Waals surface area contributed by atoms with Gasteiger partial charge in [-0.3, -0.25) is 9.97 Å². The summed E-state index contributed by atoms with van der Waals surface area (Å²) in [6.45, 7) is 9.73. The number of pyridine rings is 2. The van der Waals surface area contributed by atoms with E-state index in [0.29, 0.717) is 17.9 Å². The number of nitrogens with one attached hydrogen (secondary N) is 2. The molecule has 0 saturated carbocycles. The summed E-state index contributed by atoms with van der Waals surface area (Å²) < 4.78 is 0. The van der Waals surface area contributed by atoms with Crippen molar-refractivity contribution in [2.75, 3.05) is 6.54 Å². The number of hydrogen-bond acceptors (Lipinski definition) is 4. The lowest BCUT2D eigenvalue weighted by molar-refractivity contribution is 0.421. The van der Waals surface area contributed by atoms with E-state index < -0.39 is 0 Å². The van der Waals surface area contributed by atoms with Crippen molar-refractivity contribution in [3.05, 3.63) is 58.2 Å². The van der Waals surface area contributed by atoms with Gasteiger partial charge in [0.05, 0.1) is 0 Å². The van der Waals surface area contributed by atoms with E-state index in [1.807, 2.05) is 0 Å². The Bertz CT molecular complexity index is 784. The van der Waals surface area contributed by atoms with Gasteiger partial charge in [0.15, 0.2) is 0 Å². The molecule has 0 spiro atoms. The Labute approximate surface area is 156 Å². The number of hydrogen-bond donors (Lipinski definition) is 2. The Kier molecular flexibility index (Phi) is 5.05. The molecule has 0 bridgehead atoms. The minimum atomic E-state index is 0.465. The molecule has 138 valence electrons. The van der Waals surface area contributed by atoms with Crippen LogP contribution in [0.4, 0.5) is 0 Å². The summed E-state index contributed by atoms with van der Waals surface area (Å²) in [4.78, 5) is 9.38. The van der Waals surface area contributed by atoms with Gasteiger partial charge in [-0.1, -0.05) is 20.8 Å². The molecule has 2 aliphatic rings. The second-order valence-corrected chi connectivity index (χ2v) is 8.26. The highest BCUT2D eigenvalue weighted by Crippen LogP contribution is 2.27. The van der Waals surface area contributed by atoms with Crippen LogP contribution < -0.4 is 10.6 Å². The average Bonchev–Trinajstić information content (AvgIpc) is 2.67. The van der Waals surface area contributed by atoms with Gasteiger partial charge in [-0.15, -0.1) is 0 Å². The summed E-state index contributed by atoms with van der Waals surface area (Å²) >= 11 is 0. The van der Waals surface area contributed by atoms with Gasteiger partial charge in [-0.05, 0) is 72.0 Å². The van der Waals surface area contributed by atoms with Crippen molar-refractivity contribution in [1.82, 2.24) is 20.6 Å². The maximum atomic E-state index is 4.77. The lowest BCUT2D eigenvalue weighted by Crippen LogP contribution is -2.36. The summed E-state index contributed by atoms with van der Waals surface area (Å²) in [6, 6.07) is 5.15. The van der Waals surface area contributed by atoms with Crippen molar-refractivity contribution in [3.63, 3.8) is 0 Å². The van der Waals surface area contributed by atoms with E-state index in [4.69, 9.17) is 4.98 Å². The van der Waals surface area contributed by atoms with Crippen LogP contribution in [0.1, 0.15) is 72.7 Å². The van der Waals surface area contributed by atoms with E-state index in [-0.39, 0.29) is 0 Å². The van der Waals surface area contributed by atoms with Crippen molar-refractivity contribution in [2.45, 2.75) is 71.0 Å². The second-order valence-electron chi connectivity index (χ2n) is 8.26. The molecule has 4 heterocycles. The minimum absolute atomic E-state index is 0.465. The number of aromatic nitrogens is 2. The number of nitrogens with zero attached hydrogens (tertiary/aromatic N) is 2. The van der Waals surface area contributed by atoms with Gasteiger partial charge in [0, 0.05) is 42.9 Å². The second kappa shape index (κ2) is 7.45. The van der Waals surface area contributed by atoms with Gasteiger partial charge in [0.25, 0.3) is 0 Å². The first kappa shape index (κ1) is 17.6. The van der Waals surface area contributed by atoms with Crippen LogP contribution in [0, 0.1) is 0 Å². The fourth-order valence-corrected chi connectivity index (χ4v) is 4.16. The maximum absolute atomic E-state index is 4.77. The average molecular weight is 351 g/mol. The van der Waals surface area contributed by atoms with Crippen molar-refractivity contribution in [3.8, 4) is 0 Å². The molecule has 2 aromatic rings. The predicted molar refractivity (Wildman–Crippen MR) is 105 cm³/mol. The number of fused-ring (bicyclic) bond motifs is 2. The normalized spacial score (nSPS) is 20.5. The Morgan fingerprint density at radius 1 is 0.962 bits per heavy atom. The topological polar surface area (TPSA) is 49.8 Å².